The Morgan fingerprint density at radius 2 is 1.74 bits per heavy atom. The van der Waals surface area contributed by atoms with Gasteiger partial charge in [-0.1, -0.05) is 23.7 Å². The van der Waals surface area contributed by atoms with E-state index < -0.39 is 0 Å². The van der Waals surface area contributed by atoms with Crippen molar-refractivity contribution in [2.45, 2.75) is 19.3 Å². The van der Waals surface area contributed by atoms with Gasteiger partial charge in [-0.25, -0.2) is 9.82 Å². The minimum atomic E-state index is -0.312. The van der Waals surface area contributed by atoms with Crippen molar-refractivity contribution < 1.29 is 8.81 Å². The second kappa shape index (κ2) is 10.5. The van der Waals surface area contributed by atoms with Crippen LogP contribution in [-0.2, 0) is 0 Å². The van der Waals surface area contributed by atoms with Gasteiger partial charge in [0.25, 0.3) is 0 Å². The summed E-state index contributed by atoms with van der Waals surface area (Å²) in [4.78, 5) is 15.6. The first kappa shape index (κ1) is 22.8. The lowest BCUT2D eigenvalue weighted by Gasteiger charge is -2.26. The number of piperidine rings is 1. The van der Waals surface area contributed by atoms with Crippen LogP contribution in [0, 0.1) is 5.82 Å². The molecule has 0 radical (unpaired) electrons. The lowest BCUT2D eigenvalue weighted by atomic mass is 10.1. The summed E-state index contributed by atoms with van der Waals surface area (Å²) in [5.74, 6) is 2.11. The van der Waals surface area contributed by atoms with E-state index in [0.29, 0.717) is 34.1 Å². The number of hydrogen-bond acceptors (Lipinski definition) is 8. The first-order chi connectivity index (χ1) is 17.1. The summed E-state index contributed by atoms with van der Waals surface area (Å²) in [7, 11) is 0. The van der Waals surface area contributed by atoms with Gasteiger partial charge < -0.3 is 14.6 Å². The Labute approximate surface area is 206 Å². The zero-order valence-electron chi connectivity index (χ0n) is 18.8. The molecule has 1 aliphatic heterocycles. The highest BCUT2D eigenvalue weighted by Gasteiger charge is 2.16. The molecule has 0 atom stereocenters. The van der Waals surface area contributed by atoms with Gasteiger partial charge in [0, 0.05) is 29.4 Å². The van der Waals surface area contributed by atoms with Crippen molar-refractivity contribution in [3.05, 3.63) is 77.3 Å². The Kier molecular flexibility index (Phi) is 6.85. The maximum absolute atomic E-state index is 13.3. The van der Waals surface area contributed by atoms with Gasteiger partial charge in [0.2, 0.25) is 17.8 Å². The fraction of sp³-hybridized carbons (Fsp3) is 0.200. The number of benzene rings is 2. The molecule has 0 unspecified atom stereocenters. The minimum absolute atomic E-state index is 0.281. The molecule has 2 aromatic carbocycles. The number of furan rings is 1. The molecule has 2 aromatic heterocycles. The molecule has 1 saturated heterocycles. The molecular weight excluding hydrogens is 469 g/mol. The molecule has 0 amide bonds. The van der Waals surface area contributed by atoms with E-state index in [4.69, 9.17) is 16.0 Å². The molecule has 10 heteroatoms. The standard InChI is InChI=1S/C25H23ClFN7O/c26-18-6-4-5-17(15-18)22-12-11-21(35-22)16-28-33-24-30-23(29-20-9-7-19(27)8-10-20)31-25(32-24)34-13-2-1-3-14-34/h4-12,15-16H,1-3,13-14H2,(H2,29,30,31,32,33). The first-order valence-electron chi connectivity index (χ1n) is 11.3. The van der Waals surface area contributed by atoms with Gasteiger partial charge in [-0.05, 0) is 67.8 Å². The highest BCUT2D eigenvalue weighted by atomic mass is 35.5. The Balaban J connectivity index is 1.34. The number of halogens is 2. The predicted molar refractivity (Wildman–Crippen MR) is 136 cm³/mol. The molecular formula is C25H23ClFN7O. The number of hydrogen-bond donors (Lipinski definition) is 2. The lowest BCUT2D eigenvalue weighted by molar-refractivity contribution is 0.568. The SMILES string of the molecule is Fc1ccc(Nc2nc(NN=Cc3ccc(-c4cccc(Cl)c4)o3)nc(N3CCCCC3)n2)cc1. The van der Waals surface area contributed by atoms with Crippen molar-refractivity contribution in [3.8, 4) is 11.3 Å². The van der Waals surface area contributed by atoms with Gasteiger partial charge in [0.1, 0.15) is 17.3 Å². The van der Waals surface area contributed by atoms with Crippen LogP contribution in [0.3, 0.4) is 0 Å². The summed E-state index contributed by atoms with van der Waals surface area (Å²) < 4.78 is 19.1. The number of aromatic nitrogens is 3. The maximum atomic E-state index is 13.3. The van der Waals surface area contributed by atoms with Gasteiger partial charge in [-0.3, -0.25) is 0 Å². The molecule has 1 aliphatic rings. The molecule has 0 bridgehead atoms. The first-order valence-corrected chi connectivity index (χ1v) is 11.7. The molecule has 2 N–H and O–H groups in total. The second-order valence-corrected chi connectivity index (χ2v) is 8.48. The van der Waals surface area contributed by atoms with Crippen molar-refractivity contribution >= 4 is 41.3 Å². The number of hydrazone groups is 1. The third-order valence-electron chi connectivity index (χ3n) is 5.46. The van der Waals surface area contributed by atoms with Gasteiger partial charge in [0.15, 0.2) is 0 Å². The van der Waals surface area contributed by atoms with Crippen molar-refractivity contribution in [1.29, 1.82) is 0 Å². The van der Waals surface area contributed by atoms with Crippen LogP contribution in [0.1, 0.15) is 25.0 Å². The van der Waals surface area contributed by atoms with E-state index in [1.54, 1.807) is 18.3 Å². The summed E-state index contributed by atoms with van der Waals surface area (Å²) >= 11 is 6.07. The van der Waals surface area contributed by atoms with Gasteiger partial charge in [-0.15, -0.1) is 0 Å². The largest absolute Gasteiger partial charge is 0.455 e. The van der Waals surface area contributed by atoms with Crippen molar-refractivity contribution in [2.75, 3.05) is 28.7 Å². The zero-order chi connectivity index (χ0) is 24.0. The summed E-state index contributed by atoms with van der Waals surface area (Å²) in [5, 5.41) is 7.99. The third-order valence-corrected chi connectivity index (χ3v) is 5.69. The molecule has 4 aromatic rings. The number of anilines is 4. The monoisotopic (exact) mass is 491 g/mol. The third kappa shape index (κ3) is 5.93. The van der Waals surface area contributed by atoms with Gasteiger partial charge in [0.05, 0.1) is 6.21 Å². The van der Waals surface area contributed by atoms with Gasteiger partial charge in [-0.2, -0.15) is 20.1 Å². The Morgan fingerprint density at radius 3 is 2.54 bits per heavy atom. The van der Waals surface area contributed by atoms with E-state index in [2.05, 4.69) is 35.7 Å². The van der Waals surface area contributed by atoms with Crippen molar-refractivity contribution in [3.63, 3.8) is 0 Å². The topological polar surface area (TPSA) is 91.5 Å². The van der Waals surface area contributed by atoms with E-state index in [-0.39, 0.29) is 11.8 Å². The van der Waals surface area contributed by atoms with Crippen LogP contribution in [0.15, 0.2) is 70.2 Å². The molecule has 5 rings (SSSR count). The summed E-state index contributed by atoms with van der Waals surface area (Å²) in [6.45, 7) is 1.75. The highest BCUT2D eigenvalue weighted by molar-refractivity contribution is 6.30. The summed E-state index contributed by atoms with van der Waals surface area (Å²) in [6.07, 6.45) is 4.91. The highest BCUT2D eigenvalue weighted by Crippen LogP contribution is 2.25. The van der Waals surface area contributed by atoms with Crippen LogP contribution in [0.5, 0.6) is 0 Å². The van der Waals surface area contributed by atoms with E-state index in [0.717, 1.165) is 31.5 Å². The Morgan fingerprint density at radius 1 is 0.943 bits per heavy atom. The molecule has 0 aliphatic carbocycles. The van der Waals surface area contributed by atoms with E-state index in [9.17, 15) is 4.39 Å². The molecule has 0 spiro atoms. The van der Waals surface area contributed by atoms with E-state index in [1.807, 2.05) is 36.4 Å². The fourth-order valence-electron chi connectivity index (χ4n) is 3.74. The van der Waals surface area contributed by atoms with Gasteiger partial charge >= 0.3 is 0 Å². The number of nitrogens with one attached hydrogen (secondary N) is 2. The Hall–Kier alpha value is -3.98. The van der Waals surface area contributed by atoms with Crippen molar-refractivity contribution in [1.82, 2.24) is 15.0 Å². The Bertz CT molecular complexity index is 1320. The maximum Gasteiger partial charge on any atom is 0.250 e. The normalized spacial score (nSPS) is 13.8. The average Bonchev–Trinajstić information content (AvgIpc) is 3.35. The molecule has 35 heavy (non-hydrogen) atoms. The fourth-order valence-corrected chi connectivity index (χ4v) is 3.93. The van der Waals surface area contributed by atoms with Crippen molar-refractivity contribution in [2.24, 2.45) is 5.10 Å². The summed E-state index contributed by atoms with van der Waals surface area (Å²) in [5.41, 5.74) is 4.41. The van der Waals surface area contributed by atoms with E-state index in [1.165, 1.54) is 18.6 Å². The molecule has 1 fully saturated rings. The zero-order valence-corrected chi connectivity index (χ0v) is 19.5. The second-order valence-electron chi connectivity index (χ2n) is 8.04. The van der Waals surface area contributed by atoms with Crippen LogP contribution < -0.4 is 15.6 Å². The lowest BCUT2D eigenvalue weighted by Crippen LogP contribution is -2.31. The van der Waals surface area contributed by atoms with Crippen LogP contribution in [0.25, 0.3) is 11.3 Å². The van der Waals surface area contributed by atoms with Crippen LogP contribution in [0.4, 0.5) is 27.9 Å². The summed E-state index contributed by atoms with van der Waals surface area (Å²) in [6, 6.07) is 17.1. The minimum Gasteiger partial charge on any atom is -0.455 e. The molecule has 178 valence electrons. The van der Waals surface area contributed by atoms with Crippen LogP contribution >= 0.6 is 11.6 Å². The molecule has 0 saturated carbocycles. The number of rotatable bonds is 7. The van der Waals surface area contributed by atoms with Crippen LogP contribution in [0.2, 0.25) is 5.02 Å². The number of nitrogens with zero attached hydrogens (tertiary/aromatic N) is 5. The smallest absolute Gasteiger partial charge is 0.250 e. The predicted octanol–water partition coefficient (Wildman–Crippen LogP) is 6.10. The average molecular weight is 492 g/mol. The quantitative estimate of drug-likeness (QED) is 0.238. The van der Waals surface area contributed by atoms with Crippen LogP contribution in [-0.4, -0.2) is 34.3 Å². The molecule has 3 heterocycles. The van der Waals surface area contributed by atoms with E-state index >= 15 is 0 Å². The molecule has 8 nitrogen and oxygen atoms in total.